The smallest absolute Gasteiger partial charge is 0.177 e. The van der Waals surface area contributed by atoms with E-state index in [1.807, 2.05) is 16.8 Å². The third kappa shape index (κ3) is 2.77. The molecule has 4 aromatic heterocycles. The van der Waals surface area contributed by atoms with Gasteiger partial charge in [-0.15, -0.1) is 0 Å². The van der Waals surface area contributed by atoms with Crippen molar-refractivity contribution in [2.45, 2.75) is 6.54 Å². The molecule has 5 rings (SSSR count). The third-order valence-electron chi connectivity index (χ3n) is 4.39. The van der Waals surface area contributed by atoms with Crippen molar-refractivity contribution in [3.8, 4) is 22.6 Å². The van der Waals surface area contributed by atoms with Crippen molar-refractivity contribution in [3.63, 3.8) is 0 Å². The Morgan fingerprint density at radius 2 is 1.81 bits per heavy atom. The van der Waals surface area contributed by atoms with Crippen LogP contribution in [0.5, 0.6) is 0 Å². The Labute approximate surface area is 152 Å². The van der Waals surface area contributed by atoms with E-state index in [1.165, 1.54) is 12.1 Å². The fraction of sp³-hybridized carbons (Fsp3) is 0.0526. The zero-order valence-electron chi connectivity index (χ0n) is 14.1. The lowest BCUT2D eigenvalue weighted by Crippen LogP contribution is -2.01. The van der Waals surface area contributed by atoms with Crippen LogP contribution in [0.15, 0.2) is 61.2 Å². The van der Waals surface area contributed by atoms with E-state index in [9.17, 15) is 4.39 Å². The molecule has 0 aliphatic rings. The molecule has 0 aliphatic carbocycles. The van der Waals surface area contributed by atoms with Gasteiger partial charge in [0.05, 0.1) is 30.2 Å². The highest BCUT2D eigenvalue weighted by atomic mass is 19.1. The van der Waals surface area contributed by atoms with Gasteiger partial charge in [-0.2, -0.15) is 10.2 Å². The van der Waals surface area contributed by atoms with Crippen molar-refractivity contribution >= 4 is 11.2 Å². The summed E-state index contributed by atoms with van der Waals surface area (Å²) in [6, 6.07) is 10.2. The van der Waals surface area contributed by atoms with E-state index in [-0.39, 0.29) is 5.82 Å². The molecule has 27 heavy (non-hydrogen) atoms. The molecule has 7 nitrogen and oxygen atoms in total. The fourth-order valence-electron chi connectivity index (χ4n) is 3.05. The van der Waals surface area contributed by atoms with Crippen LogP contribution in [0.2, 0.25) is 0 Å². The molecule has 0 radical (unpaired) electrons. The number of nitrogens with one attached hydrogen (secondary N) is 2. The van der Waals surface area contributed by atoms with Gasteiger partial charge in [0.25, 0.3) is 0 Å². The lowest BCUT2D eigenvalue weighted by atomic mass is 10.1. The van der Waals surface area contributed by atoms with Gasteiger partial charge < -0.3 is 4.98 Å². The number of nitrogens with zero attached hydrogens (tertiary/aromatic N) is 5. The van der Waals surface area contributed by atoms with Crippen molar-refractivity contribution in [3.05, 3.63) is 72.6 Å². The van der Waals surface area contributed by atoms with E-state index in [2.05, 4.69) is 25.3 Å². The highest BCUT2D eigenvalue weighted by molar-refractivity contribution is 5.82. The second-order valence-corrected chi connectivity index (χ2v) is 6.15. The van der Waals surface area contributed by atoms with Crippen LogP contribution in [-0.2, 0) is 6.54 Å². The number of benzene rings is 1. The molecule has 5 aromatic rings. The van der Waals surface area contributed by atoms with Crippen molar-refractivity contribution in [2.75, 3.05) is 0 Å². The monoisotopic (exact) mass is 359 g/mol. The van der Waals surface area contributed by atoms with Gasteiger partial charge in [-0.1, -0.05) is 0 Å². The third-order valence-corrected chi connectivity index (χ3v) is 4.39. The van der Waals surface area contributed by atoms with E-state index in [0.717, 1.165) is 33.5 Å². The fourth-order valence-corrected chi connectivity index (χ4v) is 3.05. The lowest BCUT2D eigenvalue weighted by Gasteiger charge is -2.02. The number of aromatic amines is 2. The van der Waals surface area contributed by atoms with Crippen LogP contribution >= 0.6 is 0 Å². The quantitative estimate of drug-likeness (QED) is 0.515. The molecule has 132 valence electrons. The highest BCUT2D eigenvalue weighted by Crippen LogP contribution is 2.29. The summed E-state index contributed by atoms with van der Waals surface area (Å²) in [5.41, 5.74) is 5.12. The van der Waals surface area contributed by atoms with E-state index >= 15 is 0 Å². The number of aromatic nitrogens is 7. The van der Waals surface area contributed by atoms with Crippen molar-refractivity contribution in [1.29, 1.82) is 0 Å². The van der Waals surface area contributed by atoms with Gasteiger partial charge in [0.1, 0.15) is 17.2 Å². The molecule has 0 atom stereocenters. The first-order chi connectivity index (χ1) is 13.3. The molecular weight excluding hydrogens is 345 g/mol. The van der Waals surface area contributed by atoms with Gasteiger partial charge in [-0.3, -0.25) is 10.1 Å². The average molecular weight is 359 g/mol. The largest absolute Gasteiger partial charge is 0.335 e. The molecule has 8 heteroatoms. The Kier molecular flexibility index (Phi) is 3.53. The van der Waals surface area contributed by atoms with Gasteiger partial charge in [0, 0.05) is 18.0 Å². The molecule has 0 saturated carbocycles. The summed E-state index contributed by atoms with van der Waals surface area (Å²) in [6.45, 7) is 0.604. The molecule has 0 unspecified atom stereocenters. The highest BCUT2D eigenvalue weighted by Gasteiger charge is 2.16. The first-order valence-electron chi connectivity index (χ1n) is 8.38. The summed E-state index contributed by atoms with van der Waals surface area (Å²) in [4.78, 5) is 12.0. The molecular formula is C19H14FN7. The standard InChI is InChI=1S/C19H14FN7/c20-14-3-1-13(2-4-14)17-15(9-22-26-17)18-24-16-10-23-27(19(16)25-18)11-12-5-7-21-8-6-12/h1-10H,11H2,(H,22,26)(H,24,25). The van der Waals surface area contributed by atoms with Crippen molar-refractivity contribution in [1.82, 2.24) is 34.9 Å². The van der Waals surface area contributed by atoms with Crippen LogP contribution in [0.4, 0.5) is 4.39 Å². The molecule has 0 bridgehead atoms. The molecule has 0 saturated heterocycles. The Hall–Kier alpha value is -3.81. The summed E-state index contributed by atoms with van der Waals surface area (Å²) in [5, 5.41) is 11.5. The zero-order valence-corrected chi connectivity index (χ0v) is 14.1. The van der Waals surface area contributed by atoms with Gasteiger partial charge in [-0.25, -0.2) is 14.1 Å². The summed E-state index contributed by atoms with van der Waals surface area (Å²) < 4.78 is 15.1. The maximum Gasteiger partial charge on any atom is 0.177 e. The second-order valence-electron chi connectivity index (χ2n) is 6.15. The predicted octanol–water partition coefficient (Wildman–Crippen LogP) is 3.40. The summed E-state index contributed by atoms with van der Waals surface area (Å²) in [6.07, 6.45) is 6.97. The van der Waals surface area contributed by atoms with Crippen LogP contribution in [0.1, 0.15) is 5.56 Å². The maximum absolute atomic E-state index is 13.2. The lowest BCUT2D eigenvalue weighted by molar-refractivity contribution is 0.628. The normalized spacial score (nSPS) is 11.3. The minimum Gasteiger partial charge on any atom is -0.335 e. The number of H-pyrrole nitrogens is 2. The molecule has 0 spiro atoms. The SMILES string of the molecule is Fc1ccc(-c2[nH]ncc2-c2nc3c(cnn3Cc3ccncc3)[nH]2)cc1. The Balaban J connectivity index is 1.54. The van der Waals surface area contributed by atoms with Gasteiger partial charge >= 0.3 is 0 Å². The minimum atomic E-state index is -0.278. The second kappa shape index (κ2) is 6.17. The number of imidazole rings is 1. The summed E-state index contributed by atoms with van der Waals surface area (Å²) >= 11 is 0. The van der Waals surface area contributed by atoms with Crippen LogP contribution in [0.25, 0.3) is 33.8 Å². The van der Waals surface area contributed by atoms with E-state index < -0.39 is 0 Å². The van der Waals surface area contributed by atoms with E-state index in [1.54, 1.807) is 36.9 Å². The number of fused-ring (bicyclic) bond motifs is 1. The zero-order chi connectivity index (χ0) is 18.2. The number of halogens is 1. The van der Waals surface area contributed by atoms with E-state index in [4.69, 9.17) is 4.98 Å². The number of hydrogen-bond donors (Lipinski definition) is 2. The Morgan fingerprint density at radius 1 is 1.00 bits per heavy atom. The van der Waals surface area contributed by atoms with Crippen LogP contribution < -0.4 is 0 Å². The summed E-state index contributed by atoms with van der Waals surface area (Å²) in [7, 11) is 0. The Bertz CT molecular complexity index is 1200. The Morgan fingerprint density at radius 3 is 2.63 bits per heavy atom. The predicted molar refractivity (Wildman–Crippen MR) is 98.2 cm³/mol. The van der Waals surface area contributed by atoms with Crippen molar-refractivity contribution in [2.24, 2.45) is 0 Å². The molecule has 2 N–H and O–H groups in total. The van der Waals surface area contributed by atoms with Gasteiger partial charge in [0.2, 0.25) is 0 Å². The topological polar surface area (TPSA) is 88.1 Å². The van der Waals surface area contributed by atoms with Gasteiger partial charge in [-0.05, 0) is 42.0 Å². The maximum atomic E-state index is 13.2. The van der Waals surface area contributed by atoms with E-state index in [0.29, 0.717) is 12.4 Å². The molecule has 0 amide bonds. The number of hydrogen-bond acceptors (Lipinski definition) is 4. The molecule has 0 fully saturated rings. The van der Waals surface area contributed by atoms with Crippen LogP contribution in [-0.4, -0.2) is 34.9 Å². The van der Waals surface area contributed by atoms with Crippen molar-refractivity contribution < 1.29 is 4.39 Å². The molecule has 4 heterocycles. The van der Waals surface area contributed by atoms with Gasteiger partial charge in [0.15, 0.2) is 5.65 Å². The van der Waals surface area contributed by atoms with Crippen LogP contribution in [0.3, 0.4) is 0 Å². The molecule has 0 aliphatic heterocycles. The molecule has 1 aromatic carbocycles. The first kappa shape index (κ1) is 15.4. The number of rotatable bonds is 4. The first-order valence-corrected chi connectivity index (χ1v) is 8.38. The number of pyridine rings is 1. The average Bonchev–Trinajstić information content (AvgIpc) is 3.40. The minimum absolute atomic E-state index is 0.278. The summed E-state index contributed by atoms with van der Waals surface area (Å²) in [5.74, 6) is 0.402. The van der Waals surface area contributed by atoms with Crippen LogP contribution in [0, 0.1) is 5.82 Å².